The molecule has 0 fully saturated rings. The van der Waals surface area contributed by atoms with Gasteiger partial charge in [0, 0.05) is 43.9 Å². The molecule has 1 rings (SSSR count). The Morgan fingerprint density at radius 1 is 1.59 bits per heavy atom. The molecule has 0 radical (unpaired) electrons. The third-order valence-electron chi connectivity index (χ3n) is 2.40. The maximum absolute atomic E-state index is 5.33. The molecule has 17 heavy (non-hydrogen) atoms. The highest BCUT2D eigenvalue weighted by Crippen LogP contribution is 2.09. The molecule has 0 saturated carbocycles. The fourth-order valence-corrected chi connectivity index (χ4v) is 2.21. The van der Waals surface area contributed by atoms with Crippen molar-refractivity contribution in [2.45, 2.75) is 32.9 Å². The van der Waals surface area contributed by atoms with Gasteiger partial charge >= 0.3 is 0 Å². The number of ether oxygens (including phenoxy) is 1. The van der Waals surface area contributed by atoms with Crippen LogP contribution in [0, 0.1) is 0 Å². The van der Waals surface area contributed by atoms with E-state index in [0.29, 0.717) is 6.04 Å². The lowest BCUT2D eigenvalue weighted by molar-refractivity contribution is 0.142. The Morgan fingerprint density at radius 3 is 3.12 bits per heavy atom. The van der Waals surface area contributed by atoms with Crippen LogP contribution in [0.25, 0.3) is 0 Å². The average molecular weight is 257 g/mol. The van der Waals surface area contributed by atoms with Crippen LogP contribution in [0.15, 0.2) is 12.4 Å². The zero-order chi connectivity index (χ0) is 12.5. The van der Waals surface area contributed by atoms with E-state index in [-0.39, 0.29) is 0 Å². The van der Waals surface area contributed by atoms with Gasteiger partial charge in [-0.2, -0.15) is 11.8 Å². The molecular formula is C12H23N3OS. The first kappa shape index (κ1) is 14.4. The number of imidazole rings is 1. The van der Waals surface area contributed by atoms with Crippen molar-refractivity contribution in [3.63, 3.8) is 0 Å². The van der Waals surface area contributed by atoms with Gasteiger partial charge in [0.2, 0.25) is 5.95 Å². The van der Waals surface area contributed by atoms with E-state index in [9.17, 15) is 0 Å². The Bertz CT molecular complexity index is 304. The summed E-state index contributed by atoms with van der Waals surface area (Å²) in [6, 6.07) is 0.443. The lowest BCUT2D eigenvalue weighted by Gasteiger charge is -2.15. The summed E-state index contributed by atoms with van der Waals surface area (Å²) in [7, 11) is 0. The first-order chi connectivity index (χ1) is 8.27. The van der Waals surface area contributed by atoms with Crippen LogP contribution in [-0.2, 0) is 11.3 Å². The third-order valence-corrected chi connectivity index (χ3v) is 3.23. The number of anilines is 1. The predicted octanol–water partition coefficient (Wildman–Crippen LogP) is 2.47. The summed E-state index contributed by atoms with van der Waals surface area (Å²) in [4.78, 5) is 4.34. The number of thioether (sulfide) groups is 1. The quantitative estimate of drug-likeness (QED) is 0.690. The van der Waals surface area contributed by atoms with Crippen molar-refractivity contribution in [1.82, 2.24) is 9.55 Å². The largest absolute Gasteiger partial charge is 0.382 e. The van der Waals surface area contributed by atoms with Crippen molar-refractivity contribution >= 4 is 17.7 Å². The molecule has 98 valence electrons. The molecule has 0 saturated heterocycles. The van der Waals surface area contributed by atoms with E-state index in [1.54, 1.807) is 0 Å². The number of hydrogen-bond donors (Lipinski definition) is 1. The lowest BCUT2D eigenvalue weighted by Crippen LogP contribution is -2.20. The van der Waals surface area contributed by atoms with Gasteiger partial charge in [0.1, 0.15) is 0 Å². The van der Waals surface area contributed by atoms with Gasteiger partial charge in [-0.15, -0.1) is 0 Å². The van der Waals surface area contributed by atoms with Crippen molar-refractivity contribution in [1.29, 1.82) is 0 Å². The highest BCUT2D eigenvalue weighted by Gasteiger charge is 2.06. The predicted molar refractivity (Wildman–Crippen MR) is 74.8 cm³/mol. The summed E-state index contributed by atoms with van der Waals surface area (Å²) in [5, 5.41) is 3.42. The van der Waals surface area contributed by atoms with Crippen LogP contribution < -0.4 is 5.32 Å². The monoisotopic (exact) mass is 257 g/mol. The second-order valence-electron chi connectivity index (χ2n) is 4.00. The molecule has 0 aliphatic carbocycles. The van der Waals surface area contributed by atoms with Crippen molar-refractivity contribution in [3.8, 4) is 0 Å². The third kappa shape index (κ3) is 5.46. The van der Waals surface area contributed by atoms with E-state index in [4.69, 9.17) is 4.74 Å². The summed E-state index contributed by atoms with van der Waals surface area (Å²) in [6.07, 6.45) is 7.00. The molecule has 0 amide bonds. The van der Waals surface area contributed by atoms with E-state index in [0.717, 1.165) is 37.9 Å². The molecule has 0 spiro atoms. The van der Waals surface area contributed by atoms with Crippen LogP contribution in [0.4, 0.5) is 5.95 Å². The molecule has 1 aromatic heterocycles. The topological polar surface area (TPSA) is 39.1 Å². The molecule has 5 heteroatoms. The smallest absolute Gasteiger partial charge is 0.203 e. The van der Waals surface area contributed by atoms with Crippen LogP contribution in [0.5, 0.6) is 0 Å². The summed E-state index contributed by atoms with van der Waals surface area (Å²) >= 11 is 1.84. The van der Waals surface area contributed by atoms with Gasteiger partial charge in [-0.3, -0.25) is 0 Å². The Balaban J connectivity index is 2.37. The maximum atomic E-state index is 5.33. The molecule has 4 nitrogen and oxygen atoms in total. The molecule has 0 aromatic carbocycles. The van der Waals surface area contributed by atoms with Gasteiger partial charge in [-0.1, -0.05) is 0 Å². The number of rotatable bonds is 9. The van der Waals surface area contributed by atoms with E-state index in [2.05, 4.69) is 28.0 Å². The molecule has 0 aliphatic rings. The van der Waals surface area contributed by atoms with Gasteiger partial charge in [-0.25, -0.2) is 4.98 Å². The Morgan fingerprint density at radius 2 is 2.41 bits per heavy atom. The Kier molecular flexibility index (Phi) is 7.12. The van der Waals surface area contributed by atoms with Crippen LogP contribution in [0.1, 0.15) is 20.3 Å². The highest BCUT2D eigenvalue weighted by atomic mass is 32.2. The Labute approximate surface area is 108 Å². The molecular weight excluding hydrogens is 234 g/mol. The van der Waals surface area contributed by atoms with Gasteiger partial charge in [0.25, 0.3) is 0 Å². The van der Waals surface area contributed by atoms with Crippen LogP contribution >= 0.6 is 11.8 Å². The summed E-state index contributed by atoms with van der Waals surface area (Å²) in [5.74, 6) is 2.05. The van der Waals surface area contributed by atoms with Gasteiger partial charge in [0.05, 0.1) is 0 Å². The summed E-state index contributed by atoms with van der Waals surface area (Å²) < 4.78 is 7.48. The van der Waals surface area contributed by atoms with E-state index >= 15 is 0 Å². The van der Waals surface area contributed by atoms with E-state index in [1.165, 1.54) is 0 Å². The number of aryl methyl sites for hydroxylation is 1. The molecule has 1 unspecified atom stereocenters. The number of hydrogen-bond acceptors (Lipinski definition) is 4. The lowest BCUT2D eigenvalue weighted by atomic mass is 10.4. The minimum absolute atomic E-state index is 0.443. The molecule has 0 bridgehead atoms. The SMILES string of the molecule is CCOCCCn1ccnc1NC(C)CSC. The second kappa shape index (κ2) is 8.42. The van der Waals surface area contributed by atoms with Crippen LogP contribution in [-0.4, -0.2) is 40.8 Å². The normalized spacial score (nSPS) is 12.6. The zero-order valence-electron chi connectivity index (χ0n) is 11.0. The second-order valence-corrected chi connectivity index (χ2v) is 4.91. The van der Waals surface area contributed by atoms with E-state index in [1.807, 2.05) is 31.1 Å². The molecule has 1 aromatic rings. The summed E-state index contributed by atoms with van der Waals surface area (Å²) in [5.41, 5.74) is 0. The number of nitrogens with zero attached hydrogens (tertiary/aromatic N) is 2. The van der Waals surface area contributed by atoms with Crippen molar-refractivity contribution < 1.29 is 4.74 Å². The van der Waals surface area contributed by atoms with Crippen molar-refractivity contribution in [2.24, 2.45) is 0 Å². The molecule has 1 atom stereocenters. The average Bonchev–Trinajstić information content (AvgIpc) is 2.72. The number of nitrogens with one attached hydrogen (secondary N) is 1. The maximum Gasteiger partial charge on any atom is 0.203 e. The fourth-order valence-electron chi connectivity index (χ4n) is 1.62. The first-order valence-electron chi connectivity index (χ1n) is 6.12. The molecule has 1 heterocycles. The van der Waals surface area contributed by atoms with Gasteiger partial charge in [-0.05, 0) is 26.5 Å². The minimum atomic E-state index is 0.443. The standard InChI is InChI=1S/C12H23N3OS/c1-4-16-9-5-7-15-8-6-13-12(15)14-11(2)10-17-3/h6,8,11H,4-5,7,9-10H2,1-3H3,(H,13,14). The minimum Gasteiger partial charge on any atom is -0.382 e. The van der Waals surface area contributed by atoms with Gasteiger partial charge < -0.3 is 14.6 Å². The van der Waals surface area contributed by atoms with Crippen LogP contribution in [0.3, 0.4) is 0 Å². The van der Waals surface area contributed by atoms with E-state index < -0.39 is 0 Å². The van der Waals surface area contributed by atoms with Crippen molar-refractivity contribution in [2.75, 3.05) is 30.5 Å². The van der Waals surface area contributed by atoms with Gasteiger partial charge in [0.15, 0.2) is 0 Å². The molecule has 0 aliphatic heterocycles. The summed E-state index contributed by atoms with van der Waals surface area (Å²) in [6.45, 7) is 6.76. The zero-order valence-corrected chi connectivity index (χ0v) is 11.8. The van der Waals surface area contributed by atoms with Crippen molar-refractivity contribution in [3.05, 3.63) is 12.4 Å². The number of aromatic nitrogens is 2. The Hall–Kier alpha value is -0.680. The fraction of sp³-hybridized carbons (Fsp3) is 0.750. The molecule has 1 N–H and O–H groups in total. The van der Waals surface area contributed by atoms with Crippen LogP contribution in [0.2, 0.25) is 0 Å². The first-order valence-corrected chi connectivity index (χ1v) is 7.51. The highest BCUT2D eigenvalue weighted by molar-refractivity contribution is 7.98.